The molecule has 1 radical (unpaired) electrons. The van der Waals surface area contributed by atoms with Crippen LogP contribution in [0.1, 0.15) is 43.6 Å². The summed E-state index contributed by atoms with van der Waals surface area (Å²) in [6, 6.07) is 8.48. The SMILES string of the molecule is Oc1cc[c]cc1C1CCCCC1. The molecule has 1 nitrogen and oxygen atoms in total. The van der Waals surface area contributed by atoms with Crippen LogP contribution in [0.5, 0.6) is 5.75 Å². The fraction of sp³-hybridized carbons (Fsp3) is 0.500. The van der Waals surface area contributed by atoms with E-state index in [-0.39, 0.29) is 0 Å². The van der Waals surface area contributed by atoms with Crippen molar-refractivity contribution in [3.8, 4) is 5.75 Å². The highest BCUT2D eigenvalue weighted by molar-refractivity contribution is 5.34. The lowest BCUT2D eigenvalue weighted by Gasteiger charge is -2.22. The fourth-order valence-corrected chi connectivity index (χ4v) is 2.18. The normalized spacial score (nSPS) is 18.8. The van der Waals surface area contributed by atoms with Gasteiger partial charge in [0, 0.05) is 0 Å². The number of phenolic OH excluding ortho intramolecular Hbond substituents is 1. The Morgan fingerprint density at radius 1 is 1.23 bits per heavy atom. The first-order valence-corrected chi connectivity index (χ1v) is 5.07. The van der Waals surface area contributed by atoms with Gasteiger partial charge in [0.25, 0.3) is 0 Å². The van der Waals surface area contributed by atoms with E-state index in [1.165, 1.54) is 32.1 Å². The minimum Gasteiger partial charge on any atom is -0.508 e. The zero-order valence-electron chi connectivity index (χ0n) is 7.79. The summed E-state index contributed by atoms with van der Waals surface area (Å²) in [4.78, 5) is 0. The Kier molecular flexibility index (Phi) is 2.53. The van der Waals surface area contributed by atoms with Crippen LogP contribution in [0.3, 0.4) is 0 Å². The largest absolute Gasteiger partial charge is 0.508 e. The van der Waals surface area contributed by atoms with E-state index in [2.05, 4.69) is 6.07 Å². The summed E-state index contributed by atoms with van der Waals surface area (Å²) in [5.41, 5.74) is 1.10. The van der Waals surface area contributed by atoms with Gasteiger partial charge >= 0.3 is 0 Å². The van der Waals surface area contributed by atoms with Crippen LogP contribution in [0.25, 0.3) is 0 Å². The molecule has 1 aliphatic rings. The van der Waals surface area contributed by atoms with Crippen LogP contribution >= 0.6 is 0 Å². The van der Waals surface area contributed by atoms with Crippen molar-refractivity contribution in [2.24, 2.45) is 0 Å². The van der Waals surface area contributed by atoms with Gasteiger partial charge in [-0.05, 0) is 42.5 Å². The zero-order chi connectivity index (χ0) is 9.10. The van der Waals surface area contributed by atoms with E-state index in [1.54, 1.807) is 12.1 Å². The Labute approximate surface area is 79.4 Å². The molecule has 0 unspecified atom stereocenters. The van der Waals surface area contributed by atoms with Crippen molar-refractivity contribution in [3.63, 3.8) is 0 Å². The third kappa shape index (κ3) is 1.85. The minimum absolute atomic E-state index is 0.450. The van der Waals surface area contributed by atoms with Crippen LogP contribution in [0.4, 0.5) is 0 Å². The Bertz CT molecular complexity index is 274. The van der Waals surface area contributed by atoms with E-state index < -0.39 is 0 Å². The van der Waals surface area contributed by atoms with Crippen molar-refractivity contribution >= 4 is 0 Å². The molecule has 2 rings (SSSR count). The first kappa shape index (κ1) is 8.61. The molecule has 0 atom stereocenters. The van der Waals surface area contributed by atoms with Gasteiger partial charge in [-0.2, -0.15) is 0 Å². The topological polar surface area (TPSA) is 20.2 Å². The zero-order valence-corrected chi connectivity index (χ0v) is 7.79. The van der Waals surface area contributed by atoms with Gasteiger partial charge in [-0.15, -0.1) is 0 Å². The predicted molar refractivity (Wildman–Crippen MR) is 52.8 cm³/mol. The smallest absolute Gasteiger partial charge is 0.119 e. The third-order valence-electron chi connectivity index (χ3n) is 2.92. The van der Waals surface area contributed by atoms with Gasteiger partial charge in [-0.3, -0.25) is 0 Å². The second-order valence-corrected chi connectivity index (χ2v) is 3.82. The average Bonchev–Trinajstić information content (AvgIpc) is 2.20. The molecule has 0 aliphatic heterocycles. The molecule has 0 aromatic heterocycles. The summed E-state index contributed by atoms with van der Waals surface area (Å²) in [7, 11) is 0. The Morgan fingerprint density at radius 3 is 2.69 bits per heavy atom. The minimum atomic E-state index is 0.450. The van der Waals surface area contributed by atoms with Crippen LogP contribution in [0, 0.1) is 6.07 Å². The quantitative estimate of drug-likeness (QED) is 0.694. The highest BCUT2D eigenvalue weighted by atomic mass is 16.3. The summed E-state index contributed by atoms with van der Waals surface area (Å²) < 4.78 is 0. The maximum Gasteiger partial charge on any atom is 0.119 e. The first-order chi connectivity index (χ1) is 6.38. The Morgan fingerprint density at radius 2 is 2.00 bits per heavy atom. The Balaban J connectivity index is 2.18. The van der Waals surface area contributed by atoms with Crippen molar-refractivity contribution < 1.29 is 5.11 Å². The summed E-state index contributed by atoms with van der Waals surface area (Å²) >= 11 is 0. The van der Waals surface area contributed by atoms with Gasteiger partial charge < -0.3 is 5.11 Å². The molecule has 1 heteroatoms. The van der Waals surface area contributed by atoms with E-state index in [0.717, 1.165) is 5.56 Å². The molecule has 69 valence electrons. The second kappa shape index (κ2) is 3.82. The van der Waals surface area contributed by atoms with Crippen molar-refractivity contribution in [3.05, 3.63) is 29.8 Å². The van der Waals surface area contributed by atoms with E-state index in [0.29, 0.717) is 11.7 Å². The van der Waals surface area contributed by atoms with Gasteiger partial charge in [0.05, 0.1) is 0 Å². The number of phenols is 1. The van der Waals surface area contributed by atoms with Crippen LogP contribution in [-0.4, -0.2) is 5.11 Å². The average molecular weight is 175 g/mol. The monoisotopic (exact) mass is 175 g/mol. The molecule has 0 amide bonds. The Hall–Kier alpha value is -0.980. The van der Waals surface area contributed by atoms with E-state index in [9.17, 15) is 5.11 Å². The fourth-order valence-electron chi connectivity index (χ4n) is 2.18. The lowest BCUT2D eigenvalue weighted by Crippen LogP contribution is -2.04. The molecule has 1 aliphatic carbocycles. The molecule has 1 N–H and O–H groups in total. The van der Waals surface area contributed by atoms with E-state index >= 15 is 0 Å². The van der Waals surface area contributed by atoms with Gasteiger partial charge in [-0.1, -0.05) is 25.3 Å². The van der Waals surface area contributed by atoms with Gasteiger partial charge in [0.2, 0.25) is 0 Å². The van der Waals surface area contributed by atoms with Crippen molar-refractivity contribution in [2.45, 2.75) is 38.0 Å². The molecule has 0 heterocycles. The number of aromatic hydroxyl groups is 1. The number of hydrogen-bond donors (Lipinski definition) is 1. The molecule has 1 saturated carbocycles. The van der Waals surface area contributed by atoms with Crippen molar-refractivity contribution in [1.29, 1.82) is 0 Å². The maximum absolute atomic E-state index is 9.64. The predicted octanol–water partition coefficient (Wildman–Crippen LogP) is 3.24. The van der Waals surface area contributed by atoms with Gasteiger partial charge in [0.1, 0.15) is 5.75 Å². The van der Waals surface area contributed by atoms with Gasteiger partial charge in [-0.25, -0.2) is 0 Å². The van der Waals surface area contributed by atoms with Crippen LogP contribution in [0.2, 0.25) is 0 Å². The summed E-state index contributed by atoms with van der Waals surface area (Å²) in [5, 5.41) is 9.64. The van der Waals surface area contributed by atoms with Crippen LogP contribution in [-0.2, 0) is 0 Å². The lowest BCUT2D eigenvalue weighted by molar-refractivity contribution is 0.414. The summed E-state index contributed by atoms with van der Waals surface area (Å²) in [5.74, 6) is 1.02. The molecule has 13 heavy (non-hydrogen) atoms. The first-order valence-electron chi connectivity index (χ1n) is 5.07. The highest BCUT2D eigenvalue weighted by Crippen LogP contribution is 2.36. The van der Waals surface area contributed by atoms with E-state index in [4.69, 9.17) is 0 Å². The molecule has 0 saturated heterocycles. The molecular weight excluding hydrogens is 160 g/mol. The molecule has 1 aromatic carbocycles. The number of hydrogen-bond acceptors (Lipinski definition) is 1. The molecular formula is C12H15O. The van der Waals surface area contributed by atoms with Crippen LogP contribution < -0.4 is 0 Å². The molecule has 1 fully saturated rings. The highest BCUT2D eigenvalue weighted by Gasteiger charge is 2.17. The van der Waals surface area contributed by atoms with Crippen molar-refractivity contribution in [2.75, 3.05) is 0 Å². The van der Waals surface area contributed by atoms with E-state index in [1.807, 2.05) is 6.07 Å². The number of benzene rings is 1. The second-order valence-electron chi connectivity index (χ2n) is 3.82. The molecule has 0 spiro atoms. The molecule has 0 bridgehead atoms. The van der Waals surface area contributed by atoms with Gasteiger partial charge in [0.15, 0.2) is 0 Å². The third-order valence-corrected chi connectivity index (χ3v) is 2.92. The van der Waals surface area contributed by atoms with Crippen molar-refractivity contribution in [1.82, 2.24) is 0 Å². The standard InChI is InChI=1S/C12H15O/c13-12-9-5-4-8-11(12)10-6-2-1-3-7-10/h5,8-10,13H,1-3,6-7H2. The van der Waals surface area contributed by atoms with Crippen LogP contribution in [0.15, 0.2) is 18.2 Å². The maximum atomic E-state index is 9.64. The summed E-state index contributed by atoms with van der Waals surface area (Å²) in [6.07, 6.45) is 6.42. The number of rotatable bonds is 1. The molecule has 1 aromatic rings. The summed E-state index contributed by atoms with van der Waals surface area (Å²) in [6.45, 7) is 0. The lowest BCUT2D eigenvalue weighted by atomic mass is 9.84.